The van der Waals surface area contributed by atoms with Crippen molar-refractivity contribution < 1.29 is 14.3 Å². The van der Waals surface area contributed by atoms with Crippen LogP contribution in [-0.4, -0.2) is 35.6 Å². The van der Waals surface area contributed by atoms with Gasteiger partial charge in [-0.05, 0) is 61.4 Å². The summed E-state index contributed by atoms with van der Waals surface area (Å²) in [5, 5.41) is 2.93. The monoisotopic (exact) mass is 432 g/mol. The lowest BCUT2D eigenvalue weighted by Crippen LogP contribution is -2.29. The van der Waals surface area contributed by atoms with E-state index >= 15 is 0 Å². The topological polar surface area (TPSA) is 58.6 Å². The number of para-hydroxylation sites is 1. The Bertz CT molecular complexity index is 1030. The zero-order valence-corrected chi connectivity index (χ0v) is 17.9. The van der Waals surface area contributed by atoms with Gasteiger partial charge in [0.1, 0.15) is 11.5 Å². The fraction of sp³-hybridized carbons (Fsp3) is 0.200. The summed E-state index contributed by atoms with van der Waals surface area (Å²) in [7, 11) is 0. The van der Waals surface area contributed by atoms with Gasteiger partial charge in [-0.3, -0.25) is 9.59 Å². The van der Waals surface area contributed by atoms with Crippen molar-refractivity contribution in [1.82, 2.24) is 4.90 Å². The number of nitrogens with one attached hydrogen (secondary N) is 1. The van der Waals surface area contributed by atoms with E-state index in [-0.39, 0.29) is 11.8 Å². The third-order valence-electron chi connectivity index (χ3n) is 5.03. The number of anilines is 1. The van der Waals surface area contributed by atoms with Gasteiger partial charge in [0, 0.05) is 23.7 Å². The smallest absolute Gasteiger partial charge is 0.256 e. The van der Waals surface area contributed by atoms with E-state index in [1.165, 1.54) is 11.8 Å². The molecule has 0 atom stereocenters. The minimum Gasteiger partial charge on any atom is -0.457 e. The number of thioether (sulfide) groups is 1. The van der Waals surface area contributed by atoms with Crippen molar-refractivity contribution in [2.45, 2.75) is 17.7 Å². The molecule has 0 aliphatic carbocycles. The average Bonchev–Trinajstić information content (AvgIpc) is 3.35. The largest absolute Gasteiger partial charge is 0.457 e. The normalized spacial score (nSPS) is 13.1. The third-order valence-corrected chi connectivity index (χ3v) is 6.09. The predicted octanol–water partition coefficient (Wildman–Crippen LogP) is 5.45. The van der Waals surface area contributed by atoms with Crippen LogP contribution in [0.5, 0.6) is 11.5 Å². The van der Waals surface area contributed by atoms with E-state index in [1.54, 1.807) is 6.07 Å². The molecule has 158 valence electrons. The van der Waals surface area contributed by atoms with Gasteiger partial charge in [0.15, 0.2) is 0 Å². The molecule has 1 fully saturated rings. The summed E-state index contributed by atoms with van der Waals surface area (Å²) in [4.78, 5) is 27.9. The van der Waals surface area contributed by atoms with Crippen LogP contribution in [0.1, 0.15) is 23.2 Å². The molecule has 0 aromatic heterocycles. The van der Waals surface area contributed by atoms with E-state index in [0.717, 1.165) is 36.6 Å². The average molecular weight is 433 g/mol. The zero-order chi connectivity index (χ0) is 21.5. The molecular formula is C25H24N2O3S. The van der Waals surface area contributed by atoms with Crippen molar-refractivity contribution in [3.8, 4) is 11.5 Å². The molecule has 0 spiro atoms. The summed E-state index contributed by atoms with van der Waals surface area (Å²) >= 11 is 1.41. The molecule has 1 N–H and O–H groups in total. The second kappa shape index (κ2) is 10.2. The minimum atomic E-state index is -0.201. The number of nitrogens with zero attached hydrogens (tertiary/aromatic N) is 1. The molecule has 31 heavy (non-hydrogen) atoms. The zero-order valence-electron chi connectivity index (χ0n) is 17.1. The lowest BCUT2D eigenvalue weighted by atomic mass is 10.2. The van der Waals surface area contributed by atoms with E-state index in [9.17, 15) is 9.59 Å². The highest BCUT2D eigenvalue weighted by atomic mass is 32.2. The Morgan fingerprint density at radius 2 is 1.48 bits per heavy atom. The Kier molecular flexibility index (Phi) is 6.89. The standard InChI is InChI=1S/C25H24N2O3S/c28-24(27-16-6-7-17-27)18-31-23-11-5-4-10-22(23)25(29)26-19-12-14-21(15-13-19)30-20-8-2-1-3-9-20/h1-5,8-15H,6-7,16-18H2,(H,26,29). The van der Waals surface area contributed by atoms with Crippen molar-refractivity contribution >= 4 is 29.3 Å². The molecule has 1 heterocycles. The molecule has 0 radical (unpaired) electrons. The molecule has 1 aliphatic rings. The first-order valence-electron chi connectivity index (χ1n) is 10.3. The summed E-state index contributed by atoms with van der Waals surface area (Å²) in [5.41, 5.74) is 1.24. The Morgan fingerprint density at radius 1 is 0.839 bits per heavy atom. The molecule has 5 nitrogen and oxygen atoms in total. The number of likely N-dealkylation sites (tertiary alicyclic amines) is 1. The second-order valence-electron chi connectivity index (χ2n) is 7.27. The quantitative estimate of drug-likeness (QED) is 0.505. The van der Waals surface area contributed by atoms with Gasteiger partial charge in [0.05, 0.1) is 11.3 Å². The number of carbonyl (C=O) groups is 2. The van der Waals surface area contributed by atoms with Crippen molar-refractivity contribution in [3.63, 3.8) is 0 Å². The highest BCUT2D eigenvalue weighted by molar-refractivity contribution is 8.00. The molecule has 6 heteroatoms. The van der Waals surface area contributed by atoms with Gasteiger partial charge in [-0.2, -0.15) is 0 Å². The van der Waals surface area contributed by atoms with Gasteiger partial charge in [-0.15, -0.1) is 11.8 Å². The molecule has 4 rings (SSSR count). The maximum Gasteiger partial charge on any atom is 0.256 e. The predicted molar refractivity (Wildman–Crippen MR) is 124 cm³/mol. The molecule has 0 unspecified atom stereocenters. The molecular weight excluding hydrogens is 408 g/mol. The Labute approximate surface area is 186 Å². The van der Waals surface area contributed by atoms with Crippen molar-refractivity contribution in [2.75, 3.05) is 24.2 Å². The SMILES string of the molecule is O=C(Nc1ccc(Oc2ccccc2)cc1)c1ccccc1SCC(=O)N1CCCC1. The molecule has 3 aromatic carbocycles. The van der Waals surface area contributed by atoms with Crippen LogP contribution in [0.3, 0.4) is 0 Å². The maximum atomic E-state index is 12.9. The van der Waals surface area contributed by atoms with Crippen molar-refractivity contribution in [3.05, 3.63) is 84.4 Å². The van der Waals surface area contributed by atoms with Crippen LogP contribution in [0.15, 0.2) is 83.8 Å². The third kappa shape index (κ3) is 5.67. The number of carbonyl (C=O) groups excluding carboxylic acids is 2. The molecule has 0 saturated carbocycles. The van der Waals surface area contributed by atoms with E-state index < -0.39 is 0 Å². The number of rotatable bonds is 7. The van der Waals surface area contributed by atoms with Crippen LogP contribution >= 0.6 is 11.8 Å². The fourth-order valence-corrected chi connectivity index (χ4v) is 4.36. The summed E-state index contributed by atoms with van der Waals surface area (Å²) in [6, 6.07) is 24.2. The Morgan fingerprint density at radius 3 is 2.23 bits per heavy atom. The van der Waals surface area contributed by atoms with E-state index in [2.05, 4.69) is 5.32 Å². The van der Waals surface area contributed by atoms with Crippen LogP contribution in [0.2, 0.25) is 0 Å². The van der Waals surface area contributed by atoms with Crippen LogP contribution in [0, 0.1) is 0 Å². The van der Waals surface area contributed by atoms with Crippen molar-refractivity contribution in [2.24, 2.45) is 0 Å². The van der Waals surface area contributed by atoms with Gasteiger partial charge in [0.25, 0.3) is 5.91 Å². The summed E-state index contributed by atoms with van der Waals surface area (Å²) in [6.45, 7) is 1.68. The summed E-state index contributed by atoms with van der Waals surface area (Å²) in [6.07, 6.45) is 2.15. The summed E-state index contributed by atoms with van der Waals surface area (Å²) in [5.74, 6) is 1.73. The fourth-order valence-electron chi connectivity index (χ4n) is 3.41. The highest BCUT2D eigenvalue weighted by Gasteiger charge is 2.19. The molecule has 2 amide bonds. The van der Waals surface area contributed by atoms with Gasteiger partial charge < -0.3 is 15.0 Å². The molecule has 1 aliphatic heterocycles. The van der Waals surface area contributed by atoms with E-state index in [4.69, 9.17) is 4.74 Å². The first kappa shape index (κ1) is 21.0. The minimum absolute atomic E-state index is 0.131. The number of amides is 2. The first-order valence-corrected chi connectivity index (χ1v) is 11.3. The van der Waals surface area contributed by atoms with E-state index in [0.29, 0.717) is 22.8 Å². The lowest BCUT2D eigenvalue weighted by molar-refractivity contribution is -0.127. The Balaban J connectivity index is 1.37. The van der Waals surface area contributed by atoms with Gasteiger partial charge in [0.2, 0.25) is 5.91 Å². The number of ether oxygens (including phenoxy) is 1. The van der Waals surface area contributed by atoms with Gasteiger partial charge in [-0.1, -0.05) is 30.3 Å². The van der Waals surface area contributed by atoms with Crippen molar-refractivity contribution in [1.29, 1.82) is 0 Å². The van der Waals surface area contributed by atoms with Crippen LogP contribution in [-0.2, 0) is 4.79 Å². The van der Waals surface area contributed by atoms with Crippen LogP contribution in [0.4, 0.5) is 5.69 Å². The molecule has 3 aromatic rings. The maximum absolute atomic E-state index is 12.9. The molecule has 1 saturated heterocycles. The van der Waals surface area contributed by atoms with Gasteiger partial charge in [-0.25, -0.2) is 0 Å². The number of benzene rings is 3. The second-order valence-corrected chi connectivity index (χ2v) is 8.28. The number of hydrogen-bond donors (Lipinski definition) is 1. The highest BCUT2D eigenvalue weighted by Crippen LogP contribution is 2.26. The first-order chi connectivity index (χ1) is 15.2. The number of hydrogen-bond acceptors (Lipinski definition) is 4. The summed E-state index contributed by atoms with van der Waals surface area (Å²) < 4.78 is 5.79. The Hall–Kier alpha value is -3.25. The molecule has 0 bridgehead atoms. The van der Waals surface area contributed by atoms with E-state index in [1.807, 2.05) is 77.7 Å². The van der Waals surface area contributed by atoms with Crippen LogP contribution in [0.25, 0.3) is 0 Å². The lowest BCUT2D eigenvalue weighted by Gasteiger charge is -2.15. The van der Waals surface area contributed by atoms with Gasteiger partial charge >= 0.3 is 0 Å². The van der Waals surface area contributed by atoms with Crippen LogP contribution < -0.4 is 10.1 Å².